The first kappa shape index (κ1) is 24.8. The molecule has 1 nitrogen and oxygen atoms in total. The minimum atomic E-state index is -0.217. The largest absolute Gasteiger partial charge is 3.00 e. The van der Waals surface area contributed by atoms with Gasteiger partial charge in [0.15, 0.2) is 0 Å². The number of unbranched alkanes of at least 4 members (excludes halogenated alkanes) is 1. The molecule has 1 unspecified atom stereocenters. The summed E-state index contributed by atoms with van der Waals surface area (Å²) in [7, 11) is 0. The minimum Gasteiger partial charge on any atom is -1.00 e. The van der Waals surface area contributed by atoms with Crippen molar-refractivity contribution < 1.29 is 51.3 Å². The number of hydrogen-bond acceptors (Lipinski definition) is 2. The minimum absolute atomic E-state index is 0. The van der Waals surface area contributed by atoms with Crippen LogP contribution in [0.1, 0.15) is 46.5 Å². The molecule has 0 aromatic heterocycles. The summed E-state index contributed by atoms with van der Waals surface area (Å²) in [5.74, 6) is 0. The van der Waals surface area contributed by atoms with Gasteiger partial charge in [-0.2, -0.15) is 11.0 Å². The monoisotopic (exact) mass is 393 g/mol. The Balaban J connectivity index is 0. The number of allylic oxidation sites excluding steroid dienone is 5. The molecule has 22 heavy (non-hydrogen) atoms. The van der Waals surface area contributed by atoms with Crippen LogP contribution in [0.3, 0.4) is 0 Å². The summed E-state index contributed by atoms with van der Waals surface area (Å²) in [4.78, 5) is 1.00. The van der Waals surface area contributed by atoms with E-state index in [2.05, 4.69) is 51.2 Å². The molecular weight excluding hydrogens is 371 g/mol. The zero-order valence-corrected chi connectivity index (χ0v) is 17.3. The van der Waals surface area contributed by atoms with Gasteiger partial charge in [0, 0.05) is 13.0 Å². The van der Waals surface area contributed by atoms with E-state index in [9.17, 15) is 0 Å². The first-order valence-corrected chi connectivity index (χ1v) is 7.94. The van der Waals surface area contributed by atoms with E-state index in [1.54, 1.807) is 0 Å². The number of halogens is 2. The van der Waals surface area contributed by atoms with Gasteiger partial charge in [0.25, 0.3) is 0 Å². The number of hydrogen-bond donors (Lipinski definition) is 0. The maximum Gasteiger partial charge on any atom is 3.00 e. The van der Waals surface area contributed by atoms with E-state index in [0.29, 0.717) is 0 Å². The van der Waals surface area contributed by atoms with Gasteiger partial charge in [0.05, 0.1) is 0 Å². The standard InChI is InChI=1S/C17H23OS.2ClH.Ti/c1-4-5-12-18-17(19-16-8-6-7-9-16)11-10-14(2)13-15(17)3;;;/h6,8,10,13H,4-5,7,11-12H2,1-3H3;2*1H;/q-1;;;+3/p-2. The number of rotatable bonds is 6. The van der Waals surface area contributed by atoms with E-state index in [-0.39, 0.29) is 51.5 Å². The third kappa shape index (κ3) is 6.59. The fourth-order valence-electron chi connectivity index (χ4n) is 2.30. The average molecular weight is 394 g/mol. The van der Waals surface area contributed by atoms with E-state index in [1.165, 1.54) is 22.5 Å². The second-order valence-corrected chi connectivity index (χ2v) is 6.49. The number of thioether (sulfide) groups is 1. The quantitative estimate of drug-likeness (QED) is 0.252. The predicted molar refractivity (Wildman–Crippen MR) is 83.8 cm³/mol. The second-order valence-electron chi connectivity index (χ2n) is 5.18. The molecule has 0 spiro atoms. The summed E-state index contributed by atoms with van der Waals surface area (Å²) in [6.07, 6.45) is 16.4. The van der Waals surface area contributed by atoms with Crippen molar-refractivity contribution in [1.82, 2.24) is 0 Å². The van der Waals surface area contributed by atoms with Crippen LogP contribution in [0.2, 0.25) is 0 Å². The summed E-state index contributed by atoms with van der Waals surface area (Å²) in [5, 5.41) is 0. The van der Waals surface area contributed by atoms with Gasteiger partial charge < -0.3 is 29.6 Å². The molecule has 0 aliphatic heterocycles. The second kappa shape index (κ2) is 12.0. The Morgan fingerprint density at radius 1 is 1.32 bits per heavy atom. The van der Waals surface area contributed by atoms with Gasteiger partial charge >= 0.3 is 21.7 Å². The van der Waals surface area contributed by atoms with Crippen LogP contribution in [-0.2, 0) is 26.5 Å². The normalized spacial score (nSPS) is 22.6. The molecular formula is C17H23Cl2OSTi. The fraction of sp³-hybridized carbons (Fsp3) is 0.529. The van der Waals surface area contributed by atoms with E-state index in [4.69, 9.17) is 4.74 Å². The Hall–Kier alpha value is 0.564. The van der Waals surface area contributed by atoms with Crippen LogP contribution in [0, 0.1) is 6.08 Å². The van der Waals surface area contributed by atoms with Crippen molar-refractivity contribution in [3.8, 4) is 0 Å². The van der Waals surface area contributed by atoms with Crippen LogP contribution < -0.4 is 24.8 Å². The predicted octanol–water partition coefficient (Wildman–Crippen LogP) is -0.819. The molecule has 121 valence electrons. The Bertz CT molecular complexity index is 458. The maximum absolute atomic E-state index is 6.29. The Kier molecular flexibility index (Phi) is 13.5. The van der Waals surface area contributed by atoms with E-state index in [0.717, 1.165) is 25.9 Å². The first-order chi connectivity index (χ1) is 9.16. The van der Waals surface area contributed by atoms with Crippen LogP contribution in [0.4, 0.5) is 0 Å². The summed E-state index contributed by atoms with van der Waals surface area (Å²) in [6, 6.07) is 0. The van der Waals surface area contributed by atoms with Crippen LogP contribution in [-0.4, -0.2) is 11.5 Å². The molecule has 0 fully saturated rings. The summed E-state index contributed by atoms with van der Waals surface area (Å²) >= 11 is 1.82. The van der Waals surface area contributed by atoms with Gasteiger partial charge in [0.2, 0.25) is 0 Å². The smallest absolute Gasteiger partial charge is 1.00 e. The molecule has 0 heterocycles. The zero-order chi connectivity index (χ0) is 13.7. The zero-order valence-electron chi connectivity index (χ0n) is 13.4. The molecule has 0 bridgehead atoms. The molecule has 0 N–H and O–H groups in total. The average Bonchev–Trinajstić information content (AvgIpc) is 2.87. The van der Waals surface area contributed by atoms with Crippen molar-refractivity contribution in [2.75, 3.05) is 6.61 Å². The Morgan fingerprint density at radius 3 is 2.59 bits per heavy atom. The Morgan fingerprint density at radius 2 is 2.05 bits per heavy atom. The molecule has 0 aromatic carbocycles. The van der Waals surface area contributed by atoms with Crippen molar-refractivity contribution in [3.63, 3.8) is 0 Å². The van der Waals surface area contributed by atoms with Gasteiger partial charge in [-0.05, 0) is 25.8 Å². The first-order valence-electron chi connectivity index (χ1n) is 7.12. The number of ether oxygens (including phenoxy) is 1. The molecule has 2 rings (SSSR count). The topological polar surface area (TPSA) is 9.23 Å². The van der Waals surface area contributed by atoms with Crippen molar-refractivity contribution in [1.29, 1.82) is 0 Å². The van der Waals surface area contributed by atoms with Gasteiger partial charge in [0.1, 0.15) is 4.93 Å². The van der Waals surface area contributed by atoms with E-state index in [1.807, 2.05) is 11.8 Å². The van der Waals surface area contributed by atoms with Crippen LogP contribution in [0.15, 0.2) is 40.4 Å². The van der Waals surface area contributed by atoms with Gasteiger partial charge in [-0.25, -0.2) is 6.08 Å². The fourth-order valence-corrected chi connectivity index (χ4v) is 3.51. The van der Waals surface area contributed by atoms with Crippen molar-refractivity contribution >= 4 is 11.8 Å². The van der Waals surface area contributed by atoms with Crippen LogP contribution in [0.5, 0.6) is 0 Å². The SMILES string of the molecule is CCCCOC1(SC2=[C-]CC=C2)CC=C(C)C=C1C.[Cl-].[Cl-].[Ti+3]. The molecule has 2 aliphatic rings. The van der Waals surface area contributed by atoms with E-state index < -0.39 is 0 Å². The van der Waals surface area contributed by atoms with Gasteiger partial charge in [-0.1, -0.05) is 31.1 Å². The van der Waals surface area contributed by atoms with E-state index >= 15 is 0 Å². The molecule has 1 radical (unpaired) electrons. The van der Waals surface area contributed by atoms with Gasteiger partial charge in [-0.3, -0.25) is 6.08 Å². The molecule has 2 aliphatic carbocycles. The Labute approximate surface area is 166 Å². The summed E-state index contributed by atoms with van der Waals surface area (Å²) < 4.78 is 6.29. The molecule has 0 aromatic rings. The summed E-state index contributed by atoms with van der Waals surface area (Å²) in [5.41, 5.74) is 2.66. The van der Waals surface area contributed by atoms with Crippen molar-refractivity contribution in [3.05, 3.63) is 46.4 Å². The molecule has 0 saturated carbocycles. The third-order valence-corrected chi connectivity index (χ3v) is 4.95. The van der Waals surface area contributed by atoms with Gasteiger partial charge in [-0.15, -0.1) is 18.2 Å². The molecule has 1 atom stereocenters. The molecule has 0 amide bonds. The summed E-state index contributed by atoms with van der Waals surface area (Å²) in [6.45, 7) is 7.38. The molecule has 0 saturated heterocycles. The van der Waals surface area contributed by atoms with Crippen LogP contribution >= 0.6 is 11.8 Å². The van der Waals surface area contributed by atoms with Crippen molar-refractivity contribution in [2.45, 2.75) is 51.4 Å². The maximum atomic E-state index is 6.29. The van der Waals surface area contributed by atoms with Crippen molar-refractivity contribution in [2.24, 2.45) is 0 Å². The third-order valence-electron chi connectivity index (χ3n) is 3.51. The van der Waals surface area contributed by atoms with Crippen LogP contribution in [0.25, 0.3) is 0 Å². The molecule has 5 heteroatoms.